The van der Waals surface area contributed by atoms with E-state index in [4.69, 9.17) is 16.3 Å². The molecular formula is C26H21ClN2O5. The van der Waals surface area contributed by atoms with Crippen molar-refractivity contribution in [1.82, 2.24) is 4.98 Å². The predicted molar refractivity (Wildman–Crippen MR) is 129 cm³/mol. The van der Waals surface area contributed by atoms with Crippen LogP contribution in [-0.4, -0.2) is 21.7 Å². The van der Waals surface area contributed by atoms with E-state index in [0.29, 0.717) is 29.1 Å². The van der Waals surface area contributed by atoms with Crippen LogP contribution in [0, 0.1) is 10.1 Å². The summed E-state index contributed by atoms with van der Waals surface area (Å²) >= 11 is 6.19. The Hall–Kier alpha value is -3.97. The molecule has 8 heteroatoms. The molecule has 0 aliphatic heterocycles. The van der Waals surface area contributed by atoms with Gasteiger partial charge in [-0.1, -0.05) is 54.1 Å². The second-order valence-corrected chi connectivity index (χ2v) is 8.24. The Bertz CT molecular complexity index is 1360. The van der Waals surface area contributed by atoms with E-state index >= 15 is 0 Å². The average Bonchev–Trinajstić information content (AvgIpc) is 3.20. The number of aromatic nitrogens is 1. The Balaban J connectivity index is 1.53. The molecule has 0 bridgehead atoms. The summed E-state index contributed by atoms with van der Waals surface area (Å²) in [4.78, 5) is 39.2. The van der Waals surface area contributed by atoms with Gasteiger partial charge in [0.15, 0.2) is 0 Å². The highest BCUT2D eigenvalue weighted by Crippen LogP contribution is 2.29. The Labute approximate surface area is 200 Å². The molecule has 0 radical (unpaired) electrons. The third-order valence-electron chi connectivity index (χ3n) is 5.46. The van der Waals surface area contributed by atoms with E-state index in [1.165, 1.54) is 18.2 Å². The molecule has 0 spiro atoms. The summed E-state index contributed by atoms with van der Waals surface area (Å²) in [5.41, 5.74) is 2.72. The summed E-state index contributed by atoms with van der Waals surface area (Å²) < 4.78 is 5.34. The second kappa shape index (κ2) is 10.3. The van der Waals surface area contributed by atoms with Gasteiger partial charge in [-0.25, -0.2) is 0 Å². The number of carbonyl (C=O) groups is 2. The zero-order valence-corrected chi connectivity index (χ0v) is 18.9. The van der Waals surface area contributed by atoms with Gasteiger partial charge in [0, 0.05) is 40.0 Å². The van der Waals surface area contributed by atoms with Gasteiger partial charge in [-0.2, -0.15) is 0 Å². The van der Waals surface area contributed by atoms with Crippen LogP contribution in [0.5, 0.6) is 0 Å². The molecule has 0 saturated heterocycles. The van der Waals surface area contributed by atoms with Gasteiger partial charge in [0.2, 0.25) is 5.78 Å². The van der Waals surface area contributed by atoms with Gasteiger partial charge in [0.1, 0.15) is 6.61 Å². The fraction of sp³-hybridized carbons (Fsp3) is 0.154. The van der Waals surface area contributed by atoms with Crippen molar-refractivity contribution in [2.24, 2.45) is 0 Å². The third kappa shape index (κ3) is 5.32. The number of nitro benzene ring substituents is 1. The highest BCUT2D eigenvalue weighted by Gasteiger charge is 2.21. The largest absolute Gasteiger partial charge is 0.461 e. The molecule has 0 saturated carbocycles. The number of halogens is 1. The van der Waals surface area contributed by atoms with E-state index in [0.717, 1.165) is 16.5 Å². The number of ketones is 1. The second-order valence-electron chi connectivity index (χ2n) is 7.80. The van der Waals surface area contributed by atoms with Crippen LogP contribution in [0.2, 0.25) is 5.02 Å². The first-order chi connectivity index (χ1) is 16.4. The summed E-state index contributed by atoms with van der Waals surface area (Å²) in [7, 11) is 0. The van der Waals surface area contributed by atoms with Crippen molar-refractivity contribution in [3.63, 3.8) is 0 Å². The van der Waals surface area contributed by atoms with Crippen LogP contribution in [0.4, 0.5) is 5.69 Å². The molecule has 172 valence electrons. The number of H-pyrrole nitrogens is 1. The number of non-ortho nitro benzene ring substituents is 1. The van der Waals surface area contributed by atoms with Crippen LogP contribution < -0.4 is 0 Å². The van der Waals surface area contributed by atoms with Crippen LogP contribution in [0.3, 0.4) is 0 Å². The topological polar surface area (TPSA) is 102 Å². The van der Waals surface area contributed by atoms with Crippen molar-refractivity contribution >= 4 is 39.9 Å². The minimum atomic E-state index is -0.538. The maximum atomic E-state index is 13.3. The maximum absolute atomic E-state index is 13.3. The average molecular weight is 477 g/mol. The molecule has 1 aromatic heterocycles. The van der Waals surface area contributed by atoms with E-state index in [-0.39, 0.29) is 36.0 Å². The first kappa shape index (κ1) is 23.2. The lowest BCUT2D eigenvalue weighted by molar-refractivity contribution is -0.384. The molecule has 0 amide bonds. The number of aromatic amines is 1. The Morgan fingerprint density at radius 2 is 1.79 bits per heavy atom. The van der Waals surface area contributed by atoms with Crippen molar-refractivity contribution in [3.05, 3.63) is 110 Å². The molecule has 0 aliphatic carbocycles. The standard InChI is InChI=1S/C26H21ClN2O5/c27-19-12-13-23-22(15-19)21(10-5-11-24(30)34-16-17-6-2-1-3-7-17)25(28-23)26(31)18-8-4-9-20(14-18)29(32)33/h1-4,6-9,12-15,28H,5,10-11,16H2. The first-order valence-corrected chi connectivity index (χ1v) is 11.1. The van der Waals surface area contributed by atoms with Crippen molar-refractivity contribution in [2.45, 2.75) is 25.9 Å². The van der Waals surface area contributed by atoms with Gasteiger partial charge < -0.3 is 9.72 Å². The molecule has 1 heterocycles. The number of hydrogen-bond donors (Lipinski definition) is 1. The molecule has 0 fully saturated rings. The number of esters is 1. The van der Waals surface area contributed by atoms with Crippen LogP contribution in [-0.2, 0) is 22.6 Å². The number of carbonyl (C=O) groups excluding carboxylic acids is 2. The van der Waals surface area contributed by atoms with Crippen molar-refractivity contribution < 1.29 is 19.2 Å². The number of rotatable bonds is 9. The zero-order valence-electron chi connectivity index (χ0n) is 18.1. The van der Waals surface area contributed by atoms with Gasteiger partial charge in [-0.3, -0.25) is 19.7 Å². The number of nitro groups is 1. The van der Waals surface area contributed by atoms with Crippen LogP contribution in [0.25, 0.3) is 10.9 Å². The van der Waals surface area contributed by atoms with Gasteiger partial charge in [0.25, 0.3) is 5.69 Å². The van der Waals surface area contributed by atoms with Gasteiger partial charge in [-0.15, -0.1) is 0 Å². The van der Waals surface area contributed by atoms with Crippen LogP contribution in [0.15, 0.2) is 72.8 Å². The SMILES string of the molecule is O=C(CCCc1c(C(=O)c2cccc([N+](=O)[O-])c2)[nH]c2ccc(Cl)cc12)OCc1ccccc1. The zero-order chi connectivity index (χ0) is 24.1. The third-order valence-corrected chi connectivity index (χ3v) is 5.70. The quantitative estimate of drug-likeness (QED) is 0.137. The smallest absolute Gasteiger partial charge is 0.306 e. The number of benzene rings is 3. The normalized spacial score (nSPS) is 10.9. The molecule has 0 atom stereocenters. The Kier molecular flexibility index (Phi) is 7.04. The van der Waals surface area contributed by atoms with Crippen LogP contribution in [0.1, 0.15) is 40.0 Å². The number of nitrogens with one attached hydrogen (secondary N) is 1. The van der Waals surface area contributed by atoms with E-state index in [1.54, 1.807) is 24.3 Å². The van der Waals surface area contributed by atoms with E-state index < -0.39 is 4.92 Å². The highest BCUT2D eigenvalue weighted by molar-refractivity contribution is 6.31. The van der Waals surface area contributed by atoms with Gasteiger partial charge in [0.05, 0.1) is 10.6 Å². The summed E-state index contributed by atoms with van der Waals surface area (Å²) in [6.45, 7) is 0.207. The molecule has 4 aromatic rings. The van der Waals surface area contributed by atoms with Crippen molar-refractivity contribution in [3.8, 4) is 0 Å². The number of hydrogen-bond acceptors (Lipinski definition) is 5. The summed E-state index contributed by atoms with van der Waals surface area (Å²) in [6.07, 6.45) is 1.07. The molecule has 4 rings (SSSR count). The van der Waals surface area contributed by atoms with Gasteiger partial charge >= 0.3 is 5.97 Å². The molecule has 0 unspecified atom stereocenters. The summed E-state index contributed by atoms with van der Waals surface area (Å²) in [6, 6.07) is 20.3. The fourth-order valence-electron chi connectivity index (χ4n) is 3.80. The van der Waals surface area contributed by atoms with Crippen LogP contribution >= 0.6 is 11.6 Å². The number of aryl methyl sites for hydroxylation is 1. The molecule has 3 aromatic carbocycles. The minimum absolute atomic E-state index is 0.160. The van der Waals surface area contributed by atoms with E-state index in [1.807, 2.05) is 30.3 Å². The summed E-state index contributed by atoms with van der Waals surface area (Å²) in [5, 5.41) is 12.4. The van der Waals surface area contributed by atoms with E-state index in [2.05, 4.69) is 4.98 Å². The Morgan fingerprint density at radius 3 is 2.56 bits per heavy atom. The van der Waals surface area contributed by atoms with Crippen molar-refractivity contribution in [1.29, 1.82) is 0 Å². The molecule has 0 aliphatic rings. The minimum Gasteiger partial charge on any atom is -0.461 e. The van der Waals surface area contributed by atoms with E-state index in [9.17, 15) is 19.7 Å². The predicted octanol–water partition coefficient (Wildman–Crippen LogP) is 6.03. The molecule has 34 heavy (non-hydrogen) atoms. The first-order valence-electron chi connectivity index (χ1n) is 10.7. The lowest BCUT2D eigenvalue weighted by Crippen LogP contribution is -2.08. The lowest BCUT2D eigenvalue weighted by Gasteiger charge is -2.07. The number of nitrogens with zero attached hydrogens (tertiary/aromatic N) is 1. The fourth-order valence-corrected chi connectivity index (χ4v) is 3.97. The molecular weight excluding hydrogens is 456 g/mol. The lowest BCUT2D eigenvalue weighted by atomic mass is 9.99. The maximum Gasteiger partial charge on any atom is 0.306 e. The number of fused-ring (bicyclic) bond motifs is 1. The highest BCUT2D eigenvalue weighted by atomic mass is 35.5. The summed E-state index contributed by atoms with van der Waals surface area (Å²) in [5.74, 6) is -0.689. The monoisotopic (exact) mass is 476 g/mol. The molecule has 7 nitrogen and oxygen atoms in total. The Morgan fingerprint density at radius 1 is 1.00 bits per heavy atom. The molecule has 1 N–H and O–H groups in total. The number of ether oxygens (including phenoxy) is 1. The van der Waals surface area contributed by atoms with Crippen molar-refractivity contribution in [2.75, 3.05) is 0 Å². The van der Waals surface area contributed by atoms with Gasteiger partial charge in [-0.05, 0) is 42.2 Å².